The predicted octanol–water partition coefficient (Wildman–Crippen LogP) is 3.36. The minimum atomic E-state index is 0.497. The summed E-state index contributed by atoms with van der Waals surface area (Å²) in [5, 5.41) is 0. The van der Waals surface area contributed by atoms with Crippen molar-refractivity contribution in [1.29, 1.82) is 0 Å². The summed E-state index contributed by atoms with van der Waals surface area (Å²) in [6, 6.07) is 0. The number of nitrogens with zero attached hydrogens (tertiary/aromatic N) is 1. The van der Waals surface area contributed by atoms with Crippen LogP contribution in [0.2, 0.25) is 0 Å². The van der Waals surface area contributed by atoms with Crippen LogP contribution in [0.15, 0.2) is 0 Å². The Morgan fingerprint density at radius 2 is 1.92 bits per heavy atom. The van der Waals surface area contributed by atoms with Crippen molar-refractivity contribution in [3.63, 3.8) is 0 Å². The molecule has 1 heterocycles. The minimum absolute atomic E-state index is 0.497. The zero-order chi connectivity index (χ0) is 10.0. The number of rotatable bonds is 3. The highest BCUT2D eigenvalue weighted by Crippen LogP contribution is 2.22. The maximum atomic E-state index is 4.62. The van der Waals surface area contributed by atoms with E-state index in [1.54, 1.807) is 0 Å². The Morgan fingerprint density at radius 1 is 1.31 bits per heavy atom. The Bertz CT molecular complexity index is 274. The average Bonchev–Trinajstić information content (AvgIpc) is 2.46. The monoisotopic (exact) mass is 180 g/mol. The number of aromatic nitrogens is 2. The lowest BCUT2D eigenvalue weighted by Gasteiger charge is -2.04. The summed E-state index contributed by atoms with van der Waals surface area (Å²) in [6.07, 6.45) is 1.16. The van der Waals surface area contributed by atoms with Gasteiger partial charge in [-0.15, -0.1) is 0 Å². The van der Waals surface area contributed by atoms with Crippen molar-refractivity contribution < 1.29 is 0 Å². The second-order valence-corrected chi connectivity index (χ2v) is 4.10. The van der Waals surface area contributed by atoms with Gasteiger partial charge in [-0.2, -0.15) is 0 Å². The third-order valence-corrected chi connectivity index (χ3v) is 2.57. The first-order chi connectivity index (χ1) is 6.06. The summed E-state index contributed by atoms with van der Waals surface area (Å²) in [5.41, 5.74) is 2.48. The molecule has 0 saturated carbocycles. The summed E-state index contributed by atoms with van der Waals surface area (Å²) in [7, 11) is 0. The van der Waals surface area contributed by atoms with Gasteiger partial charge in [0.05, 0.1) is 5.69 Å². The van der Waals surface area contributed by atoms with Crippen molar-refractivity contribution in [2.75, 3.05) is 0 Å². The molecule has 1 N–H and O–H groups in total. The van der Waals surface area contributed by atoms with E-state index in [9.17, 15) is 0 Å². The van der Waals surface area contributed by atoms with E-state index in [4.69, 9.17) is 0 Å². The van der Waals surface area contributed by atoms with E-state index in [0.29, 0.717) is 11.8 Å². The molecule has 1 rings (SSSR count). The maximum Gasteiger partial charge on any atom is 0.109 e. The fourth-order valence-corrected chi connectivity index (χ4v) is 1.44. The molecule has 74 valence electrons. The van der Waals surface area contributed by atoms with Crippen molar-refractivity contribution in [2.45, 2.75) is 52.9 Å². The van der Waals surface area contributed by atoms with E-state index in [1.807, 2.05) is 0 Å². The van der Waals surface area contributed by atoms with E-state index >= 15 is 0 Å². The van der Waals surface area contributed by atoms with Crippen LogP contribution in [0.4, 0.5) is 0 Å². The Hall–Kier alpha value is -0.790. The molecule has 0 fully saturated rings. The Balaban J connectivity index is 2.96. The van der Waals surface area contributed by atoms with Gasteiger partial charge in [-0.25, -0.2) is 4.98 Å². The lowest BCUT2D eigenvalue weighted by atomic mass is 10.0. The Labute approximate surface area is 80.8 Å². The molecular weight excluding hydrogens is 160 g/mol. The van der Waals surface area contributed by atoms with Crippen molar-refractivity contribution in [3.05, 3.63) is 17.2 Å². The molecule has 0 radical (unpaired) electrons. The number of nitrogens with one attached hydrogen (secondary N) is 1. The fourth-order valence-electron chi connectivity index (χ4n) is 1.44. The fraction of sp³-hybridized carbons (Fsp3) is 0.727. The summed E-state index contributed by atoms with van der Waals surface area (Å²) < 4.78 is 0. The van der Waals surface area contributed by atoms with Gasteiger partial charge in [-0.3, -0.25) is 0 Å². The molecular formula is C11H20N2. The summed E-state index contributed by atoms with van der Waals surface area (Å²) in [5.74, 6) is 2.19. The predicted molar refractivity (Wildman–Crippen MR) is 56.1 cm³/mol. The highest BCUT2D eigenvalue weighted by molar-refractivity contribution is 5.18. The van der Waals surface area contributed by atoms with E-state index in [0.717, 1.165) is 12.2 Å². The molecule has 0 aromatic carbocycles. The lowest BCUT2D eigenvalue weighted by molar-refractivity contribution is 0.699. The number of aromatic amines is 1. The van der Waals surface area contributed by atoms with Crippen LogP contribution in [0.3, 0.4) is 0 Å². The van der Waals surface area contributed by atoms with Crippen LogP contribution in [-0.4, -0.2) is 9.97 Å². The number of aryl methyl sites for hydroxylation is 1. The van der Waals surface area contributed by atoms with Gasteiger partial charge < -0.3 is 4.98 Å². The summed E-state index contributed by atoms with van der Waals surface area (Å²) >= 11 is 0. The quantitative estimate of drug-likeness (QED) is 0.759. The number of hydrogen-bond acceptors (Lipinski definition) is 1. The van der Waals surface area contributed by atoms with Gasteiger partial charge in [-0.05, 0) is 19.3 Å². The third-order valence-electron chi connectivity index (χ3n) is 2.57. The normalized spacial score (nSPS) is 13.7. The average molecular weight is 180 g/mol. The summed E-state index contributed by atoms with van der Waals surface area (Å²) in [6.45, 7) is 10.9. The SMILES string of the molecule is CCC(C)c1nc(C(C)C)[nH]c1C. The second-order valence-electron chi connectivity index (χ2n) is 4.10. The lowest BCUT2D eigenvalue weighted by Crippen LogP contribution is -1.95. The number of imidazole rings is 1. The van der Waals surface area contributed by atoms with E-state index in [-0.39, 0.29) is 0 Å². The zero-order valence-corrected chi connectivity index (χ0v) is 9.31. The highest BCUT2D eigenvalue weighted by Gasteiger charge is 2.13. The maximum absolute atomic E-state index is 4.62. The standard InChI is InChI=1S/C11H20N2/c1-6-8(4)10-9(5)12-11(13-10)7(2)3/h7-8H,6H2,1-5H3,(H,12,13). The molecule has 0 bridgehead atoms. The molecule has 0 aliphatic heterocycles. The minimum Gasteiger partial charge on any atom is -0.346 e. The number of hydrogen-bond donors (Lipinski definition) is 1. The third kappa shape index (κ3) is 2.11. The molecule has 1 atom stereocenters. The van der Waals surface area contributed by atoms with Crippen LogP contribution < -0.4 is 0 Å². The van der Waals surface area contributed by atoms with Crippen LogP contribution in [0, 0.1) is 6.92 Å². The van der Waals surface area contributed by atoms with E-state index in [2.05, 4.69) is 44.6 Å². The first-order valence-electron chi connectivity index (χ1n) is 5.12. The molecule has 0 spiro atoms. The Morgan fingerprint density at radius 3 is 2.31 bits per heavy atom. The molecule has 0 aliphatic carbocycles. The highest BCUT2D eigenvalue weighted by atomic mass is 14.9. The van der Waals surface area contributed by atoms with Crippen LogP contribution in [0.25, 0.3) is 0 Å². The molecule has 0 amide bonds. The first-order valence-corrected chi connectivity index (χ1v) is 5.12. The summed E-state index contributed by atoms with van der Waals surface area (Å²) in [4.78, 5) is 7.97. The van der Waals surface area contributed by atoms with E-state index in [1.165, 1.54) is 11.4 Å². The van der Waals surface area contributed by atoms with Crippen LogP contribution in [0.5, 0.6) is 0 Å². The van der Waals surface area contributed by atoms with Crippen LogP contribution in [0.1, 0.15) is 63.2 Å². The first kappa shape index (κ1) is 10.3. The molecule has 2 heteroatoms. The smallest absolute Gasteiger partial charge is 0.109 e. The van der Waals surface area contributed by atoms with Gasteiger partial charge in [0.1, 0.15) is 5.82 Å². The van der Waals surface area contributed by atoms with Gasteiger partial charge in [0.25, 0.3) is 0 Å². The largest absolute Gasteiger partial charge is 0.346 e. The van der Waals surface area contributed by atoms with Gasteiger partial charge in [0, 0.05) is 11.6 Å². The molecule has 0 aliphatic rings. The Kier molecular flexibility index (Phi) is 3.12. The van der Waals surface area contributed by atoms with Crippen molar-refractivity contribution in [1.82, 2.24) is 9.97 Å². The number of H-pyrrole nitrogens is 1. The molecule has 2 nitrogen and oxygen atoms in total. The van der Waals surface area contributed by atoms with Crippen LogP contribution >= 0.6 is 0 Å². The molecule has 13 heavy (non-hydrogen) atoms. The molecule has 1 aromatic rings. The van der Waals surface area contributed by atoms with Crippen molar-refractivity contribution in [3.8, 4) is 0 Å². The zero-order valence-electron chi connectivity index (χ0n) is 9.31. The van der Waals surface area contributed by atoms with Gasteiger partial charge in [0.15, 0.2) is 0 Å². The second kappa shape index (κ2) is 3.95. The van der Waals surface area contributed by atoms with Crippen molar-refractivity contribution in [2.24, 2.45) is 0 Å². The van der Waals surface area contributed by atoms with E-state index < -0.39 is 0 Å². The van der Waals surface area contributed by atoms with Gasteiger partial charge in [0.2, 0.25) is 0 Å². The molecule has 0 saturated heterocycles. The van der Waals surface area contributed by atoms with Crippen molar-refractivity contribution >= 4 is 0 Å². The molecule has 1 aromatic heterocycles. The van der Waals surface area contributed by atoms with Crippen LogP contribution in [-0.2, 0) is 0 Å². The molecule has 1 unspecified atom stereocenters. The van der Waals surface area contributed by atoms with Gasteiger partial charge in [-0.1, -0.05) is 27.7 Å². The van der Waals surface area contributed by atoms with Gasteiger partial charge >= 0.3 is 0 Å². The topological polar surface area (TPSA) is 28.7 Å².